The van der Waals surface area contributed by atoms with Crippen molar-refractivity contribution in [2.45, 2.75) is 6.92 Å². The molecule has 0 saturated heterocycles. The summed E-state index contributed by atoms with van der Waals surface area (Å²) in [6, 6.07) is 14.3. The van der Waals surface area contributed by atoms with Crippen LogP contribution < -0.4 is 10.6 Å². The predicted molar refractivity (Wildman–Crippen MR) is 81.6 cm³/mol. The molecule has 0 aliphatic rings. The molecule has 5 heteroatoms. The molecule has 2 rings (SSSR count). The topological polar surface area (TPSA) is 67.4 Å². The van der Waals surface area contributed by atoms with Gasteiger partial charge in [-0.25, -0.2) is 4.79 Å². The van der Waals surface area contributed by atoms with E-state index in [0.717, 1.165) is 0 Å². The van der Waals surface area contributed by atoms with Crippen LogP contribution in [0.15, 0.2) is 48.5 Å². The minimum Gasteiger partial charge on any atom is -0.453 e. The summed E-state index contributed by atoms with van der Waals surface area (Å²) in [5, 5.41) is 5.39. The van der Waals surface area contributed by atoms with Crippen LogP contribution in [0.3, 0.4) is 0 Å². The van der Waals surface area contributed by atoms with E-state index in [9.17, 15) is 9.59 Å². The van der Waals surface area contributed by atoms with Gasteiger partial charge in [0, 0.05) is 16.9 Å². The molecular weight excluding hydrogens is 268 g/mol. The summed E-state index contributed by atoms with van der Waals surface area (Å²) in [5.74, 6) is -0.229. The largest absolute Gasteiger partial charge is 0.453 e. The third-order valence-corrected chi connectivity index (χ3v) is 3.03. The van der Waals surface area contributed by atoms with Gasteiger partial charge in [0.2, 0.25) is 0 Å². The standard InChI is InChI=1S/C16H16N2O3/c1-11-13(9-6-10-14(11)18-16(20)21-2)15(19)17-12-7-4-3-5-8-12/h3-10H,1-2H3,(H,17,19)(H,18,20). The Labute approximate surface area is 122 Å². The van der Waals surface area contributed by atoms with Crippen LogP contribution in [0.2, 0.25) is 0 Å². The van der Waals surface area contributed by atoms with Gasteiger partial charge >= 0.3 is 6.09 Å². The molecule has 0 unspecified atom stereocenters. The average molecular weight is 284 g/mol. The van der Waals surface area contributed by atoms with Gasteiger partial charge in [0.05, 0.1) is 7.11 Å². The molecule has 0 atom stereocenters. The van der Waals surface area contributed by atoms with Crippen LogP contribution in [0.1, 0.15) is 15.9 Å². The molecule has 2 N–H and O–H groups in total. The van der Waals surface area contributed by atoms with Gasteiger partial charge in [-0.05, 0) is 36.8 Å². The number of hydrogen-bond acceptors (Lipinski definition) is 3. The highest BCUT2D eigenvalue weighted by Gasteiger charge is 2.13. The van der Waals surface area contributed by atoms with Gasteiger partial charge in [-0.3, -0.25) is 10.1 Å². The molecular formula is C16H16N2O3. The second-order valence-corrected chi connectivity index (χ2v) is 4.41. The van der Waals surface area contributed by atoms with Crippen molar-refractivity contribution >= 4 is 23.4 Å². The zero-order chi connectivity index (χ0) is 15.2. The summed E-state index contributed by atoms with van der Waals surface area (Å²) in [4.78, 5) is 23.6. The zero-order valence-corrected chi connectivity index (χ0v) is 11.8. The van der Waals surface area contributed by atoms with Gasteiger partial charge in [-0.1, -0.05) is 24.3 Å². The summed E-state index contributed by atoms with van der Waals surface area (Å²) in [5.41, 5.74) is 2.43. The van der Waals surface area contributed by atoms with Crippen molar-refractivity contribution < 1.29 is 14.3 Å². The van der Waals surface area contributed by atoms with Crippen molar-refractivity contribution in [2.24, 2.45) is 0 Å². The third-order valence-electron chi connectivity index (χ3n) is 3.03. The molecule has 0 saturated carbocycles. The van der Waals surface area contributed by atoms with Gasteiger partial charge in [0.15, 0.2) is 0 Å². The van der Waals surface area contributed by atoms with E-state index in [0.29, 0.717) is 22.5 Å². The number of rotatable bonds is 3. The fourth-order valence-corrected chi connectivity index (χ4v) is 1.90. The van der Waals surface area contributed by atoms with Gasteiger partial charge in [-0.15, -0.1) is 0 Å². The van der Waals surface area contributed by atoms with E-state index in [4.69, 9.17) is 0 Å². The van der Waals surface area contributed by atoms with Gasteiger partial charge in [-0.2, -0.15) is 0 Å². The normalized spacial score (nSPS) is 9.81. The number of ether oxygens (including phenoxy) is 1. The number of methoxy groups -OCH3 is 1. The van der Waals surface area contributed by atoms with Gasteiger partial charge in [0.25, 0.3) is 5.91 Å². The Morgan fingerprint density at radius 1 is 0.952 bits per heavy atom. The fourth-order valence-electron chi connectivity index (χ4n) is 1.90. The maximum atomic E-state index is 12.3. The number of carbonyl (C=O) groups is 2. The lowest BCUT2D eigenvalue weighted by Gasteiger charge is -2.12. The first-order chi connectivity index (χ1) is 10.1. The molecule has 0 aromatic heterocycles. The highest BCUT2D eigenvalue weighted by atomic mass is 16.5. The summed E-state index contributed by atoms with van der Waals surface area (Å²) in [6.45, 7) is 1.77. The highest BCUT2D eigenvalue weighted by Crippen LogP contribution is 2.20. The Hall–Kier alpha value is -2.82. The maximum absolute atomic E-state index is 12.3. The van der Waals surface area contributed by atoms with Crippen molar-refractivity contribution in [3.05, 3.63) is 59.7 Å². The van der Waals surface area contributed by atoms with Crippen LogP contribution in [0.5, 0.6) is 0 Å². The first-order valence-corrected chi connectivity index (χ1v) is 6.43. The van der Waals surface area contributed by atoms with E-state index in [1.54, 1.807) is 25.1 Å². The minimum atomic E-state index is -0.571. The second kappa shape index (κ2) is 6.56. The van der Waals surface area contributed by atoms with Crippen LogP contribution in [0.4, 0.5) is 16.2 Å². The number of hydrogen-bond donors (Lipinski definition) is 2. The number of amides is 2. The average Bonchev–Trinajstić information content (AvgIpc) is 2.50. The fraction of sp³-hybridized carbons (Fsp3) is 0.125. The van der Waals surface area contributed by atoms with E-state index in [1.165, 1.54) is 7.11 Å². The third kappa shape index (κ3) is 3.60. The number of benzene rings is 2. The van der Waals surface area contributed by atoms with E-state index in [-0.39, 0.29) is 5.91 Å². The number of carbonyl (C=O) groups excluding carboxylic acids is 2. The van der Waals surface area contributed by atoms with E-state index >= 15 is 0 Å². The number of nitrogens with one attached hydrogen (secondary N) is 2. The predicted octanol–water partition coefficient (Wildman–Crippen LogP) is 3.43. The summed E-state index contributed by atoms with van der Waals surface area (Å²) in [6.07, 6.45) is -0.571. The van der Waals surface area contributed by atoms with Crippen molar-refractivity contribution in [3.8, 4) is 0 Å². The van der Waals surface area contributed by atoms with Crippen LogP contribution in [0.25, 0.3) is 0 Å². The zero-order valence-electron chi connectivity index (χ0n) is 11.8. The van der Waals surface area contributed by atoms with E-state index in [2.05, 4.69) is 15.4 Å². The van der Waals surface area contributed by atoms with Crippen LogP contribution in [-0.2, 0) is 4.74 Å². The Bertz CT molecular complexity index is 654. The lowest BCUT2D eigenvalue weighted by molar-refractivity contribution is 0.102. The van der Waals surface area contributed by atoms with Crippen LogP contribution >= 0.6 is 0 Å². The number of para-hydroxylation sites is 1. The lowest BCUT2D eigenvalue weighted by atomic mass is 10.1. The highest BCUT2D eigenvalue weighted by molar-refractivity contribution is 6.06. The van der Waals surface area contributed by atoms with Crippen molar-refractivity contribution in [3.63, 3.8) is 0 Å². The van der Waals surface area contributed by atoms with Crippen LogP contribution in [-0.4, -0.2) is 19.1 Å². The summed E-state index contributed by atoms with van der Waals surface area (Å²) in [7, 11) is 1.29. The molecule has 0 radical (unpaired) electrons. The first kappa shape index (κ1) is 14.6. The smallest absolute Gasteiger partial charge is 0.411 e. The Balaban J connectivity index is 2.21. The SMILES string of the molecule is COC(=O)Nc1cccc(C(=O)Nc2ccccc2)c1C. The molecule has 0 heterocycles. The molecule has 0 fully saturated rings. The van der Waals surface area contributed by atoms with Gasteiger partial charge in [0.1, 0.15) is 0 Å². The summed E-state index contributed by atoms with van der Waals surface area (Å²) < 4.78 is 4.55. The minimum absolute atomic E-state index is 0.229. The lowest BCUT2D eigenvalue weighted by Crippen LogP contribution is -2.16. The first-order valence-electron chi connectivity index (χ1n) is 6.43. The quantitative estimate of drug-likeness (QED) is 0.907. The molecule has 0 aliphatic carbocycles. The Morgan fingerprint density at radius 2 is 1.67 bits per heavy atom. The van der Waals surface area contributed by atoms with Crippen molar-refractivity contribution in [1.82, 2.24) is 0 Å². The molecule has 2 aromatic rings. The summed E-state index contributed by atoms with van der Waals surface area (Å²) >= 11 is 0. The Morgan fingerprint density at radius 3 is 2.33 bits per heavy atom. The molecule has 2 amide bonds. The van der Waals surface area contributed by atoms with Crippen molar-refractivity contribution in [1.29, 1.82) is 0 Å². The molecule has 0 spiro atoms. The maximum Gasteiger partial charge on any atom is 0.411 e. The molecule has 2 aromatic carbocycles. The monoisotopic (exact) mass is 284 g/mol. The van der Waals surface area contributed by atoms with E-state index in [1.807, 2.05) is 30.3 Å². The van der Waals surface area contributed by atoms with Crippen LogP contribution in [0, 0.1) is 6.92 Å². The number of anilines is 2. The van der Waals surface area contributed by atoms with Gasteiger partial charge < -0.3 is 10.1 Å². The molecule has 108 valence electrons. The second-order valence-electron chi connectivity index (χ2n) is 4.41. The molecule has 0 aliphatic heterocycles. The molecule has 0 bridgehead atoms. The van der Waals surface area contributed by atoms with Crippen molar-refractivity contribution in [2.75, 3.05) is 17.7 Å². The molecule has 21 heavy (non-hydrogen) atoms. The van der Waals surface area contributed by atoms with E-state index < -0.39 is 6.09 Å². The Kier molecular flexibility index (Phi) is 4.56. The molecule has 5 nitrogen and oxygen atoms in total.